The summed E-state index contributed by atoms with van der Waals surface area (Å²) >= 11 is 1.04. The van der Waals surface area contributed by atoms with Gasteiger partial charge < -0.3 is 5.73 Å². The topological polar surface area (TPSA) is 129 Å². The van der Waals surface area contributed by atoms with E-state index in [1.165, 1.54) is 6.07 Å². The summed E-state index contributed by atoms with van der Waals surface area (Å²) in [6, 6.07) is 6.17. The summed E-state index contributed by atoms with van der Waals surface area (Å²) in [5.41, 5.74) is 5.43. The molecule has 106 valence electrons. The zero-order chi connectivity index (χ0) is 15.0. The number of anilines is 1. The minimum absolute atomic E-state index is 0.00333. The Bertz CT molecular complexity index is 902. The number of nitro benzene ring substituents is 1. The van der Waals surface area contributed by atoms with Gasteiger partial charge >= 0.3 is 0 Å². The molecule has 0 aliphatic rings. The first kappa shape index (κ1) is 13.1. The van der Waals surface area contributed by atoms with E-state index in [4.69, 9.17) is 5.73 Å². The SMILES string of the molecule is Nc1nn2c(=O)c(Cc3ccccc3[N+](=O)[O-])nnc2s1. The van der Waals surface area contributed by atoms with Crippen molar-refractivity contribution in [3.63, 3.8) is 0 Å². The van der Waals surface area contributed by atoms with Crippen molar-refractivity contribution < 1.29 is 4.92 Å². The lowest BCUT2D eigenvalue weighted by molar-refractivity contribution is -0.385. The van der Waals surface area contributed by atoms with Crippen molar-refractivity contribution in [3.8, 4) is 0 Å². The van der Waals surface area contributed by atoms with Crippen LogP contribution in [-0.4, -0.2) is 24.7 Å². The van der Waals surface area contributed by atoms with Crippen LogP contribution in [0.5, 0.6) is 0 Å². The largest absolute Gasteiger partial charge is 0.374 e. The molecule has 0 atom stereocenters. The lowest BCUT2D eigenvalue weighted by atomic mass is 10.1. The second kappa shape index (κ2) is 4.90. The van der Waals surface area contributed by atoms with Gasteiger partial charge in [0.15, 0.2) is 0 Å². The summed E-state index contributed by atoms with van der Waals surface area (Å²) in [4.78, 5) is 23.0. The quantitative estimate of drug-likeness (QED) is 0.554. The van der Waals surface area contributed by atoms with Crippen LogP contribution in [0.15, 0.2) is 29.1 Å². The van der Waals surface area contributed by atoms with Crippen LogP contribution in [0, 0.1) is 10.1 Å². The van der Waals surface area contributed by atoms with Crippen molar-refractivity contribution >= 4 is 27.1 Å². The number of nitro groups is 1. The number of para-hydroxylation sites is 1. The van der Waals surface area contributed by atoms with Gasteiger partial charge in [-0.25, -0.2) is 0 Å². The second-order valence-corrected chi connectivity index (χ2v) is 5.14. The third kappa shape index (κ3) is 2.31. The summed E-state index contributed by atoms with van der Waals surface area (Å²) in [6.07, 6.45) is 0.00333. The average molecular weight is 304 g/mol. The Balaban J connectivity index is 2.09. The number of benzene rings is 1. The molecule has 9 nitrogen and oxygen atoms in total. The maximum atomic E-state index is 12.2. The molecule has 0 bridgehead atoms. The van der Waals surface area contributed by atoms with E-state index < -0.39 is 10.5 Å². The molecule has 0 saturated heterocycles. The van der Waals surface area contributed by atoms with E-state index in [9.17, 15) is 14.9 Å². The van der Waals surface area contributed by atoms with Gasteiger partial charge in [0.05, 0.1) is 4.92 Å². The fourth-order valence-electron chi connectivity index (χ4n) is 1.89. The minimum atomic E-state index is -0.500. The molecular formula is C11H8N6O3S. The van der Waals surface area contributed by atoms with E-state index in [0.717, 1.165) is 15.9 Å². The van der Waals surface area contributed by atoms with Crippen molar-refractivity contribution in [3.05, 3.63) is 56.0 Å². The van der Waals surface area contributed by atoms with Crippen LogP contribution in [0.25, 0.3) is 4.96 Å². The Kier molecular flexibility index (Phi) is 3.06. The molecule has 0 spiro atoms. The number of hydrogen-bond donors (Lipinski definition) is 1. The summed E-state index contributed by atoms with van der Waals surface area (Å²) in [7, 11) is 0. The Morgan fingerprint density at radius 2 is 2.10 bits per heavy atom. The van der Waals surface area contributed by atoms with Gasteiger partial charge in [-0.1, -0.05) is 29.5 Å². The summed E-state index contributed by atoms with van der Waals surface area (Å²) < 4.78 is 1.05. The zero-order valence-electron chi connectivity index (χ0n) is 10.5. The van der Waals surface area contributed by atoms with E-state index in [2.05, 4.69) is 15.3 Å². The highest BCUT2D eigenvalue weighted by Gasteiger charge is 2.17. The third-order valence-electron chi connectivity index (χ3n) is 2.82. The maximum absolute atomic E-state index is 12.2. The van der Waals surface area contributed by atoms with Crippen LogP contribution < -0.4 is 11.3 Å². The van der Waals surface area contributed by atoms with Gasteiger partial charge in [-0.2, -0.15) is 4.52 Å². The predicted molar refractivity (Wildman–Crippen MR) is 75.2 cm³/mol. The van der Waals surface area contributed by atoms with Crippen molar-refractivity contribution in [2.75, 3.05) is 5.73 Å². The predicted octanol–water partition coefficient (Wildman–Crippen LogP) is 0.627. The molecule has 2 heterocycles. The lowest BCUT2D eigenvalue weighted by Crippen LogP contribution is -2.22. The molecule has 0 amide bonds. The van der Waals surface area contributed by atoms with Crippen molar-refractivity contribution in [2.45, 2.75) is 6.42 Å². The van der Waals surface area contributed by atoms with Gasteiger partial charge in [0.25, 0.3) is 11.2 Å². The average Bonchev–Trinajstić information content (AvgIpc) is 2.84. The van der Waals surface area contributed by atoms with Crippen LogP contribution >= 0.6 is 11.3 Å². The molecule has 2 aromatic heterocycles. The number of nitrogens with zero attached hydrogens (tertiary/aromatic N) is 5. The number of fused-ring (bicyclic) bond motifs is 1. The standard InChI is InChI=1S/C11H8N6O3S/c12-10-15-16-9(18)7(13-14-11(16)21-10)5-6-3-1-2-4-8(6)17(19)20/h1-4H,5H2,(H2,12,15). The molecule has 0 fully saturated rings. The molecule has 0 unspecified atom stereocenters. The summed E-state index contributed by atoms with van der Waals surface area (Å²) in [6.45, 7) is 0. The number of aromatic nitrogens is 4. The highest BCUT2D eigenvalue weighted by atomic mass is 32.1. The molecule has 0 saturated carbocycles. The van der Waals surface area contributed by atoms with E-state index in [-0.39, 0.29) is 27.9 Å². The van der Waals surface area contributed by atoms with Crippen molar-refractivity contribution in [1.82, 2.24) is 19.8 Å². The fraction of sp³-hybridized carbons (Fsp3) is 0.0909. The number of hydrogen-bond acceptors (Lipinski definition) is 8. The Morgan fingerprint density at radius 1 is 1.33 bits per heavy atom. The molecular weight excluding hydrogens is 296 g/mol. The van der Waals surface area contributed by atoms with Crippen molar-refractivity contribution in [2.24, 2.45) is 0 Å². The fourth-order valence-corrected chi connectivity index (χ4v) is 2.49. The summed E-state index contributed by atoms with van der Waals surface area (Å²) in [5, 5.41) is 22.7. The maximum Gasteiger partial charge on any atom is 0.297 e. The molecule has 10 heteroatoms. The smallest absolute Gasteiger partial charge is 0.297 e. The Labute approximate surface area is 120 Å². The molecule has 2 N–H and O–H groups in total. The molecule has 3 rings (SSSR count). The lowest BCUT2D eigenvalue weighted by Gasteiger charge is -2.01. The molecule has 0 aliphatic carbocycles. The molecule has 3 aromatic rings. The van der Waals surface area contributed by atoms with Crippen LogP contribution in [0.2, 0.25) is 0 Å². The summed E-state index contributed by atoms with van der Waals surface area (Å²) in [5.74, 6) is 0. The van der Waals surface area contributed by atoms with Crippen LogP contribution in [0.3, 0.4) is 0 Å². The molecule has 21 heavy (non-hydrogen) atoms. The molecule has 0 aliphatic heterocycles. The normalized spacial score (nSPS) is 10.9. The van der Waals surface area contributed by atoms with Crippen molar-refractivity contribution in [1.29, 1.82) is 0 Å². The first-order valence-corrected chi connectivity index (χ1v) is 6.61. The highest BCUT2D eigenvalue weighted by molar-refractivity contribution is 7.20. The van der Waals surface area contributed by atoms with Gasteiger partial charge in [-0.05, 0) is 0 Å². The van der Waals surface area contributed by atoms with E-state index in [1.807, 2.05) is 0 Å². The minimum Gasteiger partial charge on any atom is -0.374 e. The number of nitrogen functional groups attached to an aromatic ring is 1. The second-order valence-electron chi connectivity index (χ2n) is 4.15. The van der Waals surface area contributed by atoms with Gasteiger partial charge in [0.1, 0.15) is 5.69 Å². The van der Waals surface area contributed by atoms with E-state index >= 15 is 0 Å². The highest BCUT2D eigenvalue weighted by Crippen LogP contribution is 2.19. The van der Waals surface area contributed by atoms with Gasteiger partial charge in [0, 0.05) is 18.1 Å². The van der Waals surface area contributed by atoms with Crippen LogP contribution in [0.4, 0.5) is 10.8 Å². The third-order valence-corrected chi connectivity index (χ3v) is 3.55. The van der Waals surface area contributed by atoms with E-state index in [1.54, 1.807) is 18.2 Å². The van der Waals surface area contributed by atoms with Crippen LogP contribution in [-0.2, 0) is 6.42 Å². The number of rotatable bonds is 3. The zero-order valence-corrected chi connectivity index (χ0v) is 11.3. The van der Waals surface area contributed by atoms with Crippen LogP contribution in [0.1, 0.15) is 11.3 Å². The molecule has 0 radical (unpaired) electrons. The van der Waals surface area contributed by atoms with Gasteiger partial charge in [-0.15, -0.1) is 15.3 Å². The Hall–Kier alpha value is -2.88. The monoisotopic (exact) mass is 304 g/mol. The van der Waals surface area contributed by atoms with E-state index in [0.29, 0.717) is 5.56 Å². The Morgan fingerprint density at radius 3 is 2.86 bits per heavy atom. The first-order valence-electron chi connectivity index (χ1n) is 5.79. The molecule has 1 aromatic carbocycles. The van der Waals surface area contributed by atoms with Gasteiger partial charge in [-0.3, -0.25) is 14.9 Å². The van der Waals surface area contributed by atoms with Gasteiger partial charge in [0.2, 0.25) is 10.1 Å². The first-order chi connectivity index (χ1) is 10.1. The number of nitrogens with two attached hydrogens (primary N) is 1.